The van der Waals surface area contributed by atoms with Gasteiger partial charge in [-0.25, -0.2) is 0 Å². The highest BCUT2D eigenvalue weighted by molar-refractivity contribution is 7.99. The number of hydrogen-bond acceptors (Lipinski definition) is 2. The van der Waals surface area contributed by atoms with E-state index in [1.807, 2.05) is 0 Å². The van der Waals surface area contributed by atoms with Gasteiger partial charge in [0.15, 0.2) is 0 Å². The summed E-state index contributed by atoms with van der Waals surface area (Å²) in [5.41, 5.74) is 2.86. The van der Waals surface area contributed by atoms with Crippen LogP contribution in [0.4, 0.5) is 0 Å². The summed E-state index contributed by atoms with van der Waals surface area (Å²) in [5, 5.41) is 3.94. The van der Waals surface area contributed by atoms with Gasteiger partial charge in [0, 0.05) is 12.1 Å². The maximum absolute atomic E-state index is 3.94. The summed E-state index contributed by atoms with van der Waals surface area (Å²) in [6.45, 7) is 2.17. The van der Waals surface area contributed by atoms with Gasteiger partial charge in [-0.3, -0.25) is 0 Å². The van der Waals surface area contributed by atoms with Crippen LogP contribution in [0.5, 0.6) is 0 Å². The number of thioether (sulfide) groups is 1. The molecule has 1 nitrogen and oxygen atoms in total. The normalized spacial score (nSPS) is 22.9. The van der Waals surface area contributed by atoms with Crippen LogP contribution in [0.25, 0.3) is 0 Å². The minimum absolute atomic E-state index is 0.610. The van der Waals surface area contributed by atoms with Crippen LogP contribution >= 0.6 is 11.8 Å². The quantitative estimate of drug-likeness (QED) is 0.881. The van der Waals surface area contributed by atoms with Gasteiger partial charge >= 0.3 is 0 Å². The number of nitrogens with one attached hydrogen (secondary N) is 1. The summed E-state index contributed by atoms with van der Waals surface area (Å²) in [4.78, 5) is 0. The predicted molar refractivity (Wildman–Crippen MR) is 80.1 cm³/mol. The van der Waals surface area contributed by atoms with E-state index < -0.39 is 0 Å². The number of hydrogen-bond donors (Lipinski definition) is 1. The third kappa shape index (κ3) is 3.10. The Labute approximate surface area is 115 Å². The van der Waals surface area contributed by atoms with Crippen molar-refractivity contribution < 1.29 is 0 Å². The second kappa shape index (κ2) is 5.66. The van der Waals surface area contributed by atoms with Crippen molar-refractivity contribution in [3.8, 4) is 0 Å². The number of rotatable bonds is 4. The second-order valence-electron chi connectivity index (χ2n) is 5.78. The molecule has 1 heterocycles. The highest BCUT2D eigenvalue weighted by Gasteiger charge is 2.33. The summed E-state index contributed by atoms with van der Waals surface area (Å²) >= 11 is 2.11. The molecule has 2 aliphatic rings. The molecule has 0 amide bonds. The van der Waals surface area contributed by atoms with Gasteiger partial charge in [-0.1, -0.05) is 29.8 Å². The van der Waals surface area contributed by atoms with Crippen LogP contribution in [0.2, 0.25) is 0 Å². The van der Waals surface area contributed by atoms with Gasteiger partial charge in [-0.2, -0.15) is 11.8 Å². The molecule has 1 saturated carbocycles. The van der Waals surface area contributed by atoms with Crippen LogP contribution in [0, 0.1) is 12.8 Å². The standard InChI is InChI=1S/C16H23NS/c1-12-2-4-13(5-3-12)16(14-6-7-14)17-15-8-10-18-11-9-15/h2-5,14-17H,6-11H2,1H3. The van der Waals surface area contributed by atoms with Crippen molar-refractivity contribution in [1.29, 1.82) is 0 Å². The lowest BCUT2D eigenvalue weighted by atomic mass is 9.99. The van der Waals surface area contributed by atoms with Crippen molar-refractivity contribution in [2.45, 2.75) is 44.7 Å². The fourth-order valence-corrected chi connectivity index (χ4v) is 3.93. The Morgan fingerprint density at radius 2 is 1.72 bits per heavy atom. The molecule has 18 heavy (non-hydrogen) atoms. The van der Waals surface area contributed by atoms with E-state index in [-0.39, 0.29) is 0 Å². The summed E-state index contributed by atoms with van der Waals surface area (Å²) in [6, 6.07) is 10.5. The third-order valence-corrected chi connectivity index (χ3v) is 5.22. The molecule has 98 valence electrons. The van der Waals surface area contributed by atoms with E-state index in [1.165, 1.54) is 48.3 Å². The summed E-state index contributed by atoms with van der Waals surface area (Å²) in [5.74, 6) is 3.56. The van der Waals surface area contributed by atoms with Crippen molar-refractivity contribution in [3.05, 3.63) is 35.4 Å². The Morgan fingerprint density at radius 1 is 1.06 bits per heavy atom. The van der Waals surface area contributed by atoms with E-state index in [4.69, 9.17) is 0 Å². The lowest BCUT2D eigenvalue weighted by Crippen LogP contribution is -2.36. The van der Waals surface area contributed by atoms with Crippen LogP contribution in [-0.4, -0.2) is 17.5 Å². The van der Waals surface area contributed by atoms with Gasteiger partial charge in [0.25, 0.3) is 0 Å². The fourth-order valence-electron chi connectivity index (χ4n) is 2.83. The van der Waals surface area contributed by atoms with Crippen LogP contribution in [0.3, 0.4) is 0 Å². The Balaban J connectivity index is 1.69. The molecule has 0 aromatic heterocycles. The van der Waals surface area contributed by atoms with Gasteiger partial charge in [0.05, 0.1) is 0 Å². The topological polar surface area (TPSA) is 12.0 Å². The van der Waals surface area contributed by atoms with Crippen molar-refractivity contribution in [3.63, 3.8) is 0 Å². The molecule has 1 aromatic carbocycles. The smallest absolute Gasteiger partial charge is 0.0351 e. The molecule has 1 aliphatic carbocycles. The first kappa shape index (κ1) is 12.6. The molecule has 2 fully saturated rings. The number of benzene rings is 1. The molecule has 2 heteroatoms. The average molecular weight is 261 g/mol. The molecule has 1 saturated heterocycles. The number of aryl methyl sites for hydroxylation is 1. The van der Waals surface area contributed by atoms with Gasteiger partial charge in [0.1, 0.15) is 0 Å². The first-order valence-corrected chi connectivity index (χ1v) is 8.39. The van der Waals surface area contributed by atoms with Crippen LogP contribution < -0.4 is 5.32 Å². The molecule has 0 radical (unpaired) electrons. The van der Waals surface area contributed by atoms with E-state index in [2.05, 4.69) is 48.3 Å². The Kier molecular flexibility index (Phi) is 3.95. The predicted octanol–water partition coefficient (Wildman–Crippen LogP) is 3.93. The SMILES string of the molecule is Cc1ccc(C(NC2CCSCC2)C2CC2)cc1. The highest BCUT2D eigenvalue weighted by Crippen LogP contribution is 2.41. The van der Waals surface area contributed by atoms with Gasteiger partial charge in [-0.15, -0.1) is 0 Å². The molecule has 0 bridgehead atoms. The first-order chi connectivity index (χ1) is 8.83. The van der Waals surface area contributed by atoms with Gasteiger partial charge in [0.2, 0.25) is 0 Å². The highest BCUT2D eigenvalue weighted by atomic mass is 32.2. The molecule has 1 atom stereocenters. The molecule has 1 unspecified atom stereocenters. The van der Waals surface area contributed by atoms with Crippen molar-refractivity contribution in [2.24, 2.45) is 5.92 Å². The van der Waals surface area contributed by atoms with Crippen LogP contribution in [0.1, 0.15) is 42.9 Å². The Bertz CT molecular complexity index is 377. The Morgan fingerprint density at radius 3 is 2.33 bits per heavy atom. The van der Waals surface area contributed by atoms with Crippen molar-refractivity contribution >= 4 is 11.8 Å². The van der Waals surface area contributed by atoms with E-state index in [9.17, 15) is 0 Å². The fraction of sp³-hybridized carbons (Fsp3) is 0.625. The lowest BCUT2D eigenvalue weighted by Gasteiger charge is -2.29. The summed E-state index contributed by atoms with van der Waals surface area (Å²) < 4.78 is 0. The lowest BCUT2D eigenvalue weighted by molar-refractivity contribution is 0.385. The molecule has 1 aromatic rings. The molecule has 1 N–H and O–H groups in total. The zero-order chi connectivity index (χ0) is 12.4. The molecular formula is C16H23NS. The summed E-state index contributed by atoms with van der Waals surface area (Å²) in [6.07, 6.45) is 5.51. The third-order valence-electron chi connectivity index (χ3n) is 4.17. The zero-order valence-corrected chi connectivity index (χ0v) is 12.0. The second-order valence-corrected chi connectivity index (χ2v) is 7.00. The monoisotopic (exact) mass is 261 g/mol. The van der Waals surface area contributed by atoms with E-state index in [1.54, 1.807) is 0 Å². The van der Waals surface area contributed by atoms with E-state index in [0.717, 1.165) is 12.0 Å². The van der Waals surface area contributed by atoms with Crippen LogP contribution in [0.15, 0.2) is 24.3 Å². The minimum Gasteiger partial charge on any atom is -0.307 e. The largest absolute Gasteiger partial charge is 0.307 e. The van der Waals surface area contributed by atoms with E-state index in [0.29, 0.717) is 6.04 Å². The van der Waals surface area contributed by atoms with E-state index >= 15 is 0 Å². The minimum atomic E-state index is 0.610. The van der Waals surface area contributed by atoms with Crippen LogP contribution in [-0.2, 0) is 0 Å². The molecule has 0 spiro atoms. The van der Waals surface area contributed by atoms with Gasteiger partial charge in [-0.05, 0) is 55.6 Å². The zero-order valence-electron chi connectivity index (χ0n) is 11.2. The maximum Gasteiger partial charge on any atom is 0.0351 e. The molecule has 1 aliphatic heterocycles. The van der Waals surface area contributed by atoms with Gasteiger partial charge < -0.3 is 5.32 Å². The van der Waals surface area contributed by atoms with Crippen molar-refractivity contribution in [1.82, 2.24) is 5.32 Å². The molecular weight excluding hydrogens is 238 g/mol. The molecule has 3 rings (SSSR count). The average Bonchev–Trinajstić information content (AvgIpc) is 3.23. The first-order valence-electron chi connectivity index (χ1n) is 7.23. The Hall–Kier alpha value is -0.470. The maximum atomic E-state index is 3.94. The van der Waals surface area contributed by atoms with Crippen molar-refractivity contribution in [2.75, 3.05) is 11.5 Å². The summed E-state index contributed by atoms with van der Waals surface area (Å²) in [7, 11) is 0.